The van der Waals surface area contributed by atoms with Gasteiger partial charge in [0.1, 0.15) is 6.17 Å². The first-order chi connectivity index (χ1) is 14.1. The van der Waals surface area contributed by atoms with E-state index < -0.39 is 29.9 Å². The second-order valence-electron chi connectivity index (χ2n) is 7.08. The standard InChI is InChI=1S/C19H17BrF4N4O2/c1-3-30-18(29)17(16-14-4-10(21)6-27(14)8-25-16)28-7-11-12(19(22,23)24)5-13(20)9(2)15(11)26-28/h5,7-8,10,17H,3-4,6H2,1-2H3/t10-,17-/m1/s1. The van der Waals surface area contributed by atoms with Gasteiger partial charge in [-0.3, -0.25) is 4.68 Å². The molecule has 0 amide bonds. The van der Waals surface area contributed by atoms with E-state index in [1.54, 1.807) is 18.4 Å². The number of hydrogen-bond donors (Lipinski definition) is 0. The van der Waals surface area contributed by atoms with Crippen LogP contribution in [0.2, 0.25) is 0 Å². The van der Waals surface area contributed by atoms with Crippen LogP contribution in [-0.2, 0) is 28.7 Å². The topological polar surface area (TPSA) is 61.9 Å². The summed E-state index contributed by atoms with van der Waals surface area (Å²) in [4.78, 5) is 17.0. The molecular formula is C19H17BrF4N4O2. The third-order valence-corrected chi connectivity index (χ3v) is 5.96. The Morgan fingerprint density at radius 3 is 2.83 bits per heavy atom. The van der Waals surface area contributed by atoms with Crippen LogP contribution in [0.4, 0.5) is 17.6 Å². The molecule has 3 aromatic rings. The minimum Gasteiger partial charge on any atom is -0.464 e. The van der Waals surface area contributed by atoms with Crippen molar-refractivity contribution in [2.24, 2.45) is 0 Å². The summed E-state index contributed by atoms with van der Waals surface area (Å²) in [5.74, 6) is -0.723. The van der Waals surface area contributed by atoms with Gasteiger partial charge in [-0.2, -0.15) is 18.3 Å². The van der Waals surface area contributed by atoms with Gasteiger partial charge in [0.05, 0.1) is 36.3 Å². The maximum Gasteiger partial charge on any atom is 0.417 e. The summed E-state index contributed by atoms with van der Waals surface area (Å²) in [5, 5.41) is 4.15. The third-order valence-electron chi connectivity index (χ3n) is 5.13. The second kappa shape index (κ2) is 7.36. The van der Waals surface area contributed by atoms with Gasteiger partial charge in [-0.25, -0.2) is 14.2 Å². The maximum absolute atomic E-state index is 13.9. The highest BCUT2D eigenvalue weighted by Crippen LogP contribution is 2.39. The van der Waals surface area contributed by atoms with E-state index in [0.29, 0.717) is 11.3 Å². The number of hydrogen-bond acceptors (Lipinski definition) is 4. The number of carbonyl (C=O) groups is 1. The largest absolute Gasteiger partial charge is 0.464 e. The molecule has 6 nitrogen and oxygen atoms in total. The summed E-state index contributed by atoms with van der Waals surface area (Å²) in [7, 11) is 0. The highest BCUT2D eigenvalue weighted by molar-refractivity contribution is 9.10. The van der Waals surface area contributed by atoms with Crippen LogP contribution in [0.1, 0.15) is 35.5 Å². The molecule has 11 heteroatoms. The number of alkyl halides is 4. The number of imidazole rings is 1. The van der Waals surface area contributed by atoms with Crippen molar-refractivity contribution in [1.82, 2.24) is 19.3 Å². The molecule has 1 aromatic carbocycles. The molecule has 1 aliphatic heterocycles. The lowest BCUT2D eigenvalue weighted by molar-refractivity contribution is -0.146. The van der Waals surface area contributed by atoms with Crippen molar-refractivity contribution in [2.45, 2.75) is 45.2 Å². The van der Waals surface area contributed by atoms with Crippen molar-refractivity contribution >= 4 is 32.8 Å². The van der Waals surface area contributed by atoms with E-state index in [1.807, 2.05) is 0 Å². The smallest absolute Gasteiger partial charge is 0.417 e. The molecule has 0 fully saturated rings. The van der Waals surface area contributed by atoms with Gasteiger partial charge in [0.2, 0.25) is 0 Å². The fourth-order valence-electron chi connectivity index (χ4n) is 3.74. The van der Waals surface area contributed by atoms with Crippen LogP contribution in [0.3, 0.4) is 0 Å². The maximum atomic E-state index is 13.9. The molecule has 2 atom stereocenters. The van der Waals surface area contributed by atoms with E-state index in [2.05, 4.69) is 26.0 Å². The number of benzene rings is 1. The molecule has 4 rings (SSSR count). The fraction of sp³-hybridized carbons (Fsp3) is 0.421. The van der Waals surface area contributed by atoms with Crippen LogP contribution in [0.25, 0.3) is 10.9 Å². The Balaban J connectivity index is 1.92. The molecule has 3 heterocycles. The first-order valence-electron chi connectivity index (χ1n) is 9.21. The van der Waals surface area contributed by atoms with Crippen LogP contribution in [0, 0.1) is 6.92 Å². The summed E-state index contributed by atoms with van der Waals surface area (Å²) in [6, 6.07) is -0.233. The number of ether oxygens (including phenoxy) is 1. The van der Waals surface area contributed by atoms with Gasteiger partial charge < -0.3 is 9.30 Å². The minimum atomic E-state index is -4.61. The van der Waals surface area contributed by atoms with Crippen molar-refractivity contribution < 1.29 is 27.1 Å². The number of nitrogens with zero attached hydrogens (tertiary/aromatic N) is 4. The zero-order chi connectivity index (χ0) is 21.8. The number of aromatic nitrogens is 4. The third kappa shape index (κ3) is 3.38. The van der Waals surface area contributed by atoms with Crippen LogP contribution in [-0.4, -0.2) is 38.1 Å². The van der Waals surface area contributed by atoms with Crippen LogP contribution < -0.4 is 0 Å². The van der Waals surface area contributed by atoms with Gasteiger partial charge in [0.25, 0.3) is 0 Å². The van der Waals surface area contributed by atoms with Crippen LogP contribution in [0.15, 0.2) is 23.1 Å². The number of carbonyl (C=O) groups excluding carboxylic acids is 1. The number of rotatable bonds is 4. The normalized spacial score (nSPS) is 17.4. The summed E-state index contributed by atoms with van der Waals surface area (Å²) in [6.45, 7) is 3.43. The Morgan fingerprint density at radius 2 is 2.17 bits per heavy atom. The SMILES string of the molecule is CCOC(=O)[C@@H](c1ncn2c1C[C@@H](F)C2)n1cc2c(C(F)(F)F)cc(Br)c(C)c2n1. The highest BCUT2D eigenvalue weighted by atomic mass is 79.9. The molecule has 2 aromatic heterocycles. The van der Waals surface area contributed by atoms with E-state index in [-0.39, 0.29) is 40.6 Å². The number of halogens is 5. The molecule has 0 saturated carbocycles. The molecule has 0 radical (unpaired) electrons. The quantitative estimate of drug-likeness (QED) is 0.404. The highest BCUT2D eigenvalue weighted by Gasteiger charge is 2.37. The predicted molar refractivity (Wildman–Crippen MR) is 103 cm³/mol. The van der Waals surface area contributed by atoms with E-state index in [9.17, 15) is 22.4 Å². The van der Waals surface area contributed by atoms with E-state index >= 15 is 0 Å². The van der Waals surface area contributed by atoms with E-state index in [1.165, 1.54) is 12.5 Å². The second-order valence-corrected chi connectivity index (χ2v) is 7.94. The lowest BCUT2D eigenvalue weighted by Crippen LogP contribution is -2.25. The van der Waals surface area contributed by atoms with Gasteiger partial charge >= 0.3 is 12.1 Å². The van der Waals surface area contributed by atoms with Crippen molar-refractivity contribution in [2.75, 3.05) is 6.61 Å². The molecule has 0 spiro atoms. The monoisotopic (exact) mass is 488 g/mol. The predicted octanol–water partition coefficient (Wildman–Crippen LogP) is 4.37. The van der Waals surface area contributed by atoms with Crippen molar-refractivity contribution in [3.05, 3.63) is 45.6 Å². The Bertz CT molecular complexity index is 1140. The van der Waals surface area contributed by atoms with Crippen LogP contribution >= 0.6 is 15.9 Å². The minimum absolute atomic E-state index is 0.0599. The summed E-state index contributed by atoms with van der Waals surface area (Å²) in [5.41, 5.74) is 0.465. The first-order valence-corrected chi connectivity index (χ1v) is 10.0. The van der Waals surface area contributed by atoms with E-state index in [0.717, 1.165) is 10.7 Å². The number of fused-ring (bicyclic) bond motifs is 2. The Morgan fingerprint density at radius 1 is 1.43 bits per heavy atom. The molecule has 0 bridgehead atoms. The van der Waals surface area contributed by atoms with Gasteiger partial charge in [-0.05, 0) is 25.5 Å². The number of esters is 1. The molecule has 0 unspecified atom stereocenters. The van der Waals surface area contributed by atoms with Crippen LogP contribution in [0.5, 0.6) is 0 Å². The van der Waals surface area contributed by atoms with Gasteiger partial charge in [0.15, 0.2) is 6.04 Å². The summed E-state index contributed by atoms with van der Waals surface area (Å²) in [6.07, 6.45) is -3.07. The Hall–Kier alpha value is -2.43. The summed E-state index contributed by atoms with van der Waals surface area (Å²) >= 11 is 3.15. The average molecular weight is 489 g/mol. The fourth-order valence-corrected chi connectivity index (χ4v) is 4.16. The average Bonchev–Trinajstić information content (AvgIpc) is 3.33. The molecule has 30 heavy (non-hydrogen) atoms. The lowest BCUT2D eigenvalue weighted by Gasteiger charge is -2.15. The Labute approximate surface area is 176 Å². The van der Waals surface area contributed by atoms with Crippen molar-refractivity contribution in [1.29, 1.82) is 0 Å². The molecular weight excluding hydrogens is 472 g/mol. The number of aryl methyl sites for hydroxylation is 1. The van der Waals surface area contributed by atoms with E-state index in [4.69, 9.17) is 4.74 Å². The van der Waals surface area contributed by atoms with Gasteiger partial charge in [0, 0.05) is 28.2 Å². The van der Waals surface area contributed by atoms with Gasteiger partial charge in [-0.1, -0.05) is 15.9 Å². The molecule has 0 saturated heterocycles. The van der Waals surface area contributed by atoms with Gasteiger partial charge in [-0.15, -0.1) is 0 Å². The molecule has 0 N–H and O–H groups in total. The first kappa shape index (κ1) is 20.8. The van der Waals surface area contributed by atoms with Crippen molar-refractivity contribution in [3.8, 4) is 0 Å². The molecule has 0 aliphatic carbocycles. The zero-order valence-corrected chi connectivity index (χ0v) is 17.6. The molecule has 1 aliphatic rings. The zero-order valence-electron chi connectivity index (χ0n) is 16.0. The summed E-state index contributed by atoms with van der Waals surface area (Å²) < 4.78 is 62.8. The van der Waals surface area contributed by atoms with Crippen molar-refractivity contribution in [3.63, 3.8) is 0 Å². The molecule has 160 valence electrons. The Kier molecular flexibility index (Phi) is 5.11. The lowest BCUT2D eigenvalue weighted by atomic mass is 10.1.